The van der Waals surface area contributed by atoms with Gasteiger partial charge in [-0.1, -0.05) is 48.2 Å². The van der Waals surface area contributed by atoms with Gasteiger partial charge in [-0.2, -0.15) is 0 Å². The Hall–Kier alpha value is -3.23. The number of benzene rings is 2. The molecule has 0 saturated heterocycles. The topological polar surface area (TPSA) is 81.2 Å². The van der Waals surface area contributed by atoms with E-state index in [1.54, 1.807) is 49.4 Å². The zero-order chi connectivity index (χ0) is 22.5. The first-order chi connectivity index (χ1) is 15.5. The van der Waals surface area contributed by atoms with Crippen molar-refractivity contribution in [1.82, 2.24) is 9.97 Å². The second-order valence-electron chi connectivity index (χ2n) is 7.25. The molecule has 0 radical (unpaired) electrons. The molecule has 0 unspecified atom stereocenters. The number of carbonyl (C=O) groups excluding carboxylic acids is 2. The quantitative estimate of drug-likeness (QED) is 0.217. The smallest absolute Gasteiger partial charge is 0.338 e. The number of ether oxygens (including phenoxy) is 1. The van der Waals surface area contributed by atoms with E-state index in [9.17, 15) is 9.59 Å². The lowest BCUT2D eigenvalue weighted by Gasteiger charge is -2.10. The van der Waals surface area contributed by atoms with Crippen molar-refractivity contribution in [3.8, 4) is 11.1 Å². The lowest BCUT2D eigenvalue weighted by molar-refractivity contribution is -0.113. The number of hydrogen-bond acceptors (Lipinski definition) is 7. The van der Waals surface area contributed by atoms with Crippen LogP contribution in [0.4, 0.5) is 5.69 Å². The van der Waals surface area contributed by atoms with E-state index in [1.807, 2.05) is 30.3 Å². The Bertz CT molecular complexity index is 1260. The number of thioether (sulfide) groups is 1. The molecule has 0 aliphatic heterocycles. The summed E-state index contributed by atoms with van der Waals surface area (Å²) in [5.41, 5.74) is 3.09. The van der Waals surface area contributed by atoms with Crippen LogP contribution in [0.15, 0.2) is 71.3 Å². The fourth-order valence-electron chi connectivity index (χ4n) is 3.12. The lowest BCUT2D eigenvalue weighted by atomic mass is 10.1. The van der Waals surface area contributed by atoms with Gasteiger partial charge in [0, 0.05) is 16.6 Å². The Morgan fingerprint density at radius 1 is 1.09 bits per heavy atom. The van der Waals surface area contributed by atoms with E-state index in [-0.39, 0.29) is 17.8 Å². The largest absolute Gasteiger partial charge is 0.459 e. The van der Waals surface area contributed by atoms with Crippen LogP contribution in [0.1, 0.15) is 24.2 Å². The third-order valence-electron chi connectivity index (χ3n) is 4.48. The molecule has 2 aromatic heterocycles. The molecule has 6 nitrogen and oxygen atoms in total. The van der Waals surface area contributed by atoms with Crippen molar-refractivity contribution in [2.24, 2.45) is 0 Å². The summed E-state index contributed by atoms with van der Waals surface area (Å²) in [6.07, 6.45) is 1.32. The number of nitrogens with one attached hydrogen (secondary N) is 1. The van der Waals surface area contributed by atoms with Crippen LogP contribution < -0.4 is 5.32 Å². The molecule has 0 bridgehead atoms. The van der Waals surface area contributed by atoms with Crippen LogP contribution in [0.25, 0.3) is 21.3 Å². The van der Waals surface area contributed by atoms with Gasteiger partial charge in [0.25, 0.3) is 0 Å². The first-order valence-electron chi connectivity index (χ1n) is 10.0. The second kappa shape index (κ2) is 9.93. The van der Waals surface area contributed by atoms with Gasteiger partial charge in [0.2, 0.25) is 5.91 Å². The van der Waals surface area contributed by atoms with Crippen LogP contribution in [0, 0.1) is 0 Å². The van der Waals surface area contributed by atoms with E-state index in [0.717, 1.165) is 26.4 Å². The highest BCUT2D eigenvalue weighted by Gasteiger charge is 2.15. The van der Waals surface area contributed by atoms with E-state index >= 15 is 0 Å². The average Bonchev–Trinajstić information content (AvgIpc) is 3.23. The lowest BCUT2D eigenvalue weighted by Crippen LogP contribution is -2.15. The minimum atomic E-state index is -0.417. The molecule has 2 heterocycles. The highest BCUT2D eigenvalue weighted by atomic mass is 32.2. The summed E-state index contributed by atoms with van der Waals surface area (Å²) in [6, 6.07) is 16.8. The SMILES string of the molecule is CC(C)OC(=O)c1cccc(NC(=O)CSc2ncnc3scc(-c4ccccc4)c23)c1. The van der Waals surface area contributed by atoms with Crippen molar-refractivity contribution >= 4 is 50.9 Å². The maximum absolute atomic E-state index is 12.6. The zero-order valence-electron chi connectivity index (χ0n) is 17.6. The Morgan fingerprint density at radius 2 is 1.91 bits per heavy atom. The van der Waals surface area contributed by atoms with Crippen LogP contribution in [-0.4, -0.2) is 33.7 Å². The minimum absolute atomic E-state index is 0.177. The summed E-state index contributed by atoms with van der Waals surface area (Å²) < 4.78 is 5.21. The van der Waals surface area contributed by atoms with Gasteiger partial charge in [-0.05, 0) is 37.6 Å². The monoisotopic (exact) mass is 463 g/mol. The van der Waals surface area contributed by atoms with Crippen LogP contribution in [0.3, 0.4) is 0 Å². The summed E-state index contributed by atoms with van der Waals surface area (Å²) in [6.45, 7) is 3.59. The molecule has 162 valence electrons. The van der Waals surface area contributed by atoms with Crippen molar-refractivity contribution in [2.75, 3.05) is 11.1 Å². The molecular weight excluding hydrogens is 442 g/mol. The number of aromatic nitrogens is 2. The Kier molecular flexibility index (Phi) is 6.82. The number of thiophene rings is 1. The van der Waals surface area contributed by atoms with Crippen LogP contribution in [0.2, 0.25) is 0 Å². The van der Waals surface area contributed by atoms with Crippen LogP contribution in [-0.2, 0) is 9.53 Å². The fraction of sp³-hybridized carbons (Fsp3) is 0.167. The molecular formula is C24H21N3O3S2. The predicted molar refractivity (Wildman–Crippen MR) is 129 cm³/mol. The number of rotatable bonds is 7. The molecule has 0 aliphatic carbocycles. The molecule has 1 N–H and O–H groups in total. The van der Waals surface area contributed by atoms with Crippen molar-refractivity contribution < 1.29 is 14.3 Å². The maximum atomic E-state index is 12.6. The number of esters is 1. The van der Waals surface area contributed by atoms with E-state index < -0.39 is 5.97 Å². The van der Waals surface area contributed by atoms with Crippen LogP contribution in [0.5, 0.6) is 0 Å². The van der Waals surface area contributed by atoms with Crippen molar-refractivity contribution in [3.63, 3.8) is 0 Å². The number of carbonyl (C=O) groups is 2. The minimum Gasteiger partial charge on any atom is -0.459 e. The first-order valence-corrected chi connectivity index (χ1v) is 11.9. The highest BCUT2D eigenvalue weighted by molar-refractivity contribution is 8.00. The molecule has 0 spiro atoms. The molecule has 0 atom stereocenters. The van der Waals surface area contributed by atoms with Gasteiger partial charge >= 0.3 is 5.97 Å². The molecule has 1 amide bonds. The van der Waals surface area contributed by atoms with Gasteiger partial charge in [0.1, 0.15) is 16.2 Å². The Labute approximate surface area is 194 Å². The average molecular weight is 464 g/mol. The predicted octanol–water partition coefficient (Wildman–Crippen LogP) is 5.65. The van der Waals surface area contributed by atoms with Gasteiger partial charge in [-0.15, -0.1) is 11.3 Å². The Morgan fingerprint density at radius 3 is 2.69 bits per heavy atom. The Balaban J connectivity index is 1.47. The number of nitrogens with zero attached hydrogens (tertiary/aromatic N) is 2. The van der Waals surface area contributed by atoms with Gasteiger partial charge in [-0.25, -0.2) is 14.8 Å². The second-order valence-corrected chi connectivity index (χ2v) is 9.07. The molecule has 2 aromatic carbocycles. The maximum Gasteiger partial charge on any atom is 0.338 e. The summed E-state index contributed by atoms with van der Waals surface area (Å²) in [5.74, 6) is -0.427. The van der Waals surface area contributed by atoms with Crippen molar-refractivity contribution in [1.29, 1.82) is 0 Å². The van der Waals surface area contributed by atoms with Crippen molar-refractivity contribution in [3.05, 3.63) is 71.9 Å². The molecule has 32 heavy (non-hydrogen) atoms. The molecule has 0 aliphatic rings. The molecule has 0 saturated carbocycles. The standard InChI is InChI=1S/C24H21N3O3S2/c1-15(2)30-24(29)17-9-6-10-18(11-17)27-20(28)13-32-23-21-19(16-7-4-3-5-8-16)12-31-22(21)25-14-26-23/h3-12,14-15H,13H2,1-2H3,(H,27,28). The molecule has 4 aromatic rings. The summed E-state index contributed by atoms with van der Waals surface area (Å²) in [7, 11) is 0. The summed E-state index contributed by atoms with van der Waals surface area (Å²) in [5, 5.41) is 6.63. The van der Waals surface area contributed by atoms with Crippen LogP contribution >= 0.6 is 23.1 Å². The van der Waals surface area contributed by atoms with Gasteiger partial charge < -0.3 is 10.1 Å². The first kappa shape index (κ1) is 22.0. The number of amides is 1. The van der Waals surface area contributed by atoms with Gasteiger partial charge in [0.15, 0.2) is 0 Å². The normalized spacial score (nSPS) is 11.0. The van der Waals surface area contributed by atoms with E-state index in [1.165, 1.54) is 18.1 Å². The van der Waals surface area contributed by atoms with Crippen molar-refractivity contribution in [2.45, 2.75) is 25.0 Å². The summed E-state index contributed by atoms with van der Waals surface area (Å²) in [4.78, 5) is 34.4. The van der Waals surface area contributed by atoms with Gasteiger partial charge in [0.05, 0.1) is 22.8 Å². The van der Waals surface area contributed by atoms with E-state index in [4.69, 9.17) is 4.74 Å². The van der Waals surface area contributed by atoms with E-state index in [2.05, 4.69) is 20.7 Å². The summed E-state index contributed by atoms with van der Waals surface area (Å²) >= 11 is 2.92. The zero-order valence-corrected chi connectivity index (χ0v) is 19.2. The van der Waals surface area contributed by atoms with Gasteiger partial charge in [-0.3, -0.25) is 4.79 Å². The third kappa shape index (κ3) is 5.15. The number of fused-ring (bicyclic) bond motifs is 1. The molecule has 8 heteroatoms. The number of hydrogen-bond donors (Lipinski definition) is 1. The molecule has 4 rings (SSSR count). The number of anilines is 1. The third-order valence-corrected chi connectivity index (χ3v) is 6.36. The highest BCUT2D eigenvalue weighted by Crippen LogP contribution is 2.37. The van der Waals surface area contributed by atoms with E-state index in [0.29, 0.717) is 11.3 Å². The fourth-order valence-corrected chi connectivity index (χ4v) is 4.92. The molecule has 0 fully saturated rings.